The van der Waals surface area contributed by atoms with Gasteiger partial charge in [0, 0.05) is 11.9 Å². The van der Waals surface area contributed by atoms with Crippen LogP contribution in [0.3, 0.4) is 0 Å². The molecule has 7 heteroatoms. The number of hydrogen-bond acceptors (Lipinski definition) is 1. The van der Waals surface area contributed by atoms with Gasteiger partial charge in [0.05, 0.1) is 12.9 Å². The zero-order chi connectivity index (χ0) is 27.0. The standard InChI is InChI=1S/C16H14BBrF2.C14H23FN2/c1-12(18)10-11-17(13-2-6-15(19)7-3-13)14-4-8-16(20)9-5-14;1-3-5-6-7-9-14-10-16-12-17(14)11-13(15)8-4-2/h2-10H,11H2,1H3;8,10,12H,3-7,9,11H2,1-2H3. The van der Waals surface area contributed by atoms with Crippen molar-refractivity contribution in [3.8, 4) is 0 Å². The quantitative estimate of drug-likeness (QED) is 0.158. The first-order chi connectivity index (χ1) is 17.8. The molecule has 1 aromatic heterocycles. The third kappa shape index (κ3) is 11.6. The van der Waals surface area contributed by atoms with Crippen molar-refractivity contribution in [2.45, 2.75) is 72.2 Å². The third-order valence-electron chi connectivity index (χ3n) is 6.01. The Morgan fingerprint density at radius 1 is 0.919 bits per heavy atom. The van der Waals surface area contributed by atoms with Crippen molar-refractivity contribution in [3.63, 3.8) is 0 Å². The van der Waals surface area contributed by atoms with Gasteiger partial charge >= 0.3 is 0 Å². The first-order valence-corrected chi connectivity index (χ1v) is 13.8. The molecule has 1 heterocycles. The molecule has 0 aliphatic rings. The Morgan fingerprint density at radius 3 is 2.03 bits per heavy atom. The lowest BCUT2D eigenvalue weighted by atomic mass is 9.39. The van der Waals surface area contributed by atoms with Crippen molar-refractivity contribution in [1.29, 1.82) is 0 Å². The number of hydrogen-bond donors (Lipinski definition) is 0. The molecule has 0 saturated carbocycles. The number of nitrogens with zero attached hydrogens (tertiary/aromatic N) is 2. The first kappa shape index (κ1) is 30.7. The lowest BCUT2D eigenvalue weighted by Crippen LogP contribution is -2.41. The summed E-state index contributed by atoms with van der Waals surface area (Å²) in [7, 11) is 0. The Labute approximate surface area is 228 Å². The second-order valence-corrected chi connectivity index (χ2v) is 10.3. The third-order valence-corrected chi connectivity index (χ3v) is 6.34. The minimum atomic E-state index is -0.251. The van der Waals surface area contributed by atoms with Crippen LogP contribution in [0.1, 0.15) is 58.6 Å². The van der Waals surface area contributed by atoms with Crippen LogP contribution in [0.25, 0.3) is 0 Å². The van der Waals surface area contributed by atoms with Gasteiger partial charge in [-0.1, -0.05) is 96.4 Å². The molecule has 0 unspecified atom stereocenters. The summed E-state index contributed by atoms with van der Waals surface area (Å²) in [5.41, 5.74) is 3.17. The molecular formula is C30H37BBrF3N2. The Kier molecular flexibility index (Phi) is 14.2. The van der Waals surface area contributed by atoms with Crippen LogP contribution in [-0.2, 0) is 13.0 Å². The van der Waals surface area contributed by atoms with Crippen molar-refractivity contribution in [2.24, 2.45) is 0 Å². The first-order valence-electron chi connectivity index (χ1n) is 13.0. The van der Waals surface area contributed by atoms with Gasteiger partial charge in [-0.2, -0.15) is 0 Å². The van der Waals surface area contributed by atoms with Gasteiger partial charge in [-0.15, -0.1) is 0 Å². The lowest BCUT2D eigenvalue weighted by molar-refractivity contribution is 0.537. The molecule has 3 aromatic rings. The highest BCUT2D eigenvalue weighted by Crippen LogP contribution is 2.11. The summed E-state index contributed by atoms with van der Waals surface area (Å²) in [5, 5.41) is 0. The maximum absolute atomic E-state index is 13.4. The number of rotatable bonds is 12. The Morgan fingerprint density at radius 2 is 1.51 bits per heavy atom. The van der Waals surface area contributed by atoms with E-state index in [-0.39, 0.29) is 24.2 Å². The van der Waals surface area contributed by atoms with E-state index in [0.29, 0.717) is 6.54 Å². The maximum atomic E-state index is 13.4. The average Bonchev–Trinajstić information content (AvgIpc) is 3.31. The largest absolute Gasteiger partial charge is 0.328 e. The number of halogens is 4. The summed E-state index contributed by atoms with van der Waals surface area (Å²) >= 11 is 3.41. The molecule has 2 nitrogen and oxygen atoms in total. The summed E-state index contributed by atoms with van der Waals surface area (Å²) < 4.78 is 42.5. The van der Waals surface area contributed by atoms with Crippen molar-refractivity contribution >= 4 is 33.6 Å². The minimum absolute atomic E-state index is 0.0692. The van der Waals surface area contributed by atoms with Gasteiger partial charge in [0.25, 0.3) is 0 Å². The highest BCUT2D eigenvalue weighted by Gasteiger charge is 2.18. The molecule has 37 heavy (non-hydrogen) atoms. The Balaban J connectivity index is 0.000000264. The molecule has 3 rings (SSSR count). The topological polar surface area (TPSA) is 17.8 Å². The van der Waals surface area contributed by atoms with E-state index in [1.54, 1.807) is 36.7 Å². The average molecular weight is 573 g/mol. The van der Waals surface area contributed by atoms with E-state index < -0.39 is 0 Å². The predicted octanol–water partition coefficient (Wildman–Crippen LogP) is 8.14. The molecule has 0 bridgehead atoms. The van der Waals surface area contributed by atoms with Crippen LogP contribution < -0.4 is 10.9 Å². The number of benzene rings is 2. The van der Waals surface area contributed by atoms with Crippen LogP contribution in [-0.4, -0.2) is 16.3 Å². The zero-order valence-electron chi connectivity index (χ0n) is 22.1. The normalized spacial score (nSPS) is 11.8. The summed E-state index contributed by atoms with van der Waals surface area (Å²) in [6.07, 6.45) is 14.7. The Bertz CT molecular complexity index is 1060. The molecule has 2 aromatic carbocycles. The van der Waals surface area contributed by atoms with Gasteiger partial charge in [-0.25, -0.2) is 18.2 Å². The van der Waals surface area contributed by atoms with Crippen LogP contribution in [0.4, 0.5) is 13.2 Å². The molecule has 0 radical (unpaired) electrons. The molecule has 0 amide bonds. The summed E-state index contributed by atoms with van der Waals surface area (Å²) in [6.45, 7) is 6.53. The summed E-state index contributed by atoms with van der Waals surface area (Å²) in [6, 6.07) is 12.9. The van der Waals surface area contributed by atoms with E-state index in [0.717, 1.165) is 40.3 Å². The fourth-order valence-electron chi connectivity index (χ4n) is 4.02. The van der Waals surface area contributed by atoms with Crippen LogP contribution >= 0.6 is 15.9 Å². The van der Waals surface area contributed by atoms with E-state index in [1.165, 1.54) is 49.9 Å². The van der Waals surface area contributed by atoms with Gasteiger partial charge in [0.1, 0.15) is 17.5 Å². The van der Waals surface area contributed by atoms with Crippen molar-refractivity contribution in [3.05, 3.63) is 101 Å². The van der Waals surface area contributed by atoms with Gasteiger partial charge in [-0.3, -0.25) is 0 Å². The van der Waals surface area contributed by atoms with Gasteiger partial charge < -0.3 is 4.57 Å². The minimum Gasteiger partial charge on any atom is -0.328 e. The van der Waals surface area contributed by atoms with Crippen molar-refractivity contribution in [2.75, 3.05) is 0 Å². The second-order valence-electron chi connectivity index (χ2n) is 9.07. The van der Waals surface area contributed by atoms with E-state index in [2.05, 4.69) is 33.9 Å². The zero-order valence-corrected chi connectivity index (χ0v) is 23.7. The highest BCUT2D eigenvalue weighted by atomic mass is 79.9. The number of unbranched alkanes of at least 4 members (excludes halogenated alkanes) is 3. The van der Waals surface area contributed by atoms with E-state index in [9.17, 15) is 13.2 Å². The number of aryl methyl sites for hydroxylation is 1. The molecule has 0 atom stereocenters. The van der Waals surface area contributed by atoms with Crippen LogP contribution in [0.5, 0.6) is 0 Å². The molecule has 0 aliphatic carbocycles. The highest BCUT2D eigenvalue weighted by molar-refractivity contribution is 9.11. The molecular weight excluding hydrogens is 536 g/mol. The van der Waals surface area contributed by atoms with E-state index >= 15 is 0 Å². The van der Waals surface area contributed by atoms with Gasteiger partial charge in [-0.05, 0) is 61.3 Å². The van der Waals surface area contributed by atoms with Gasteiger partial charge in [0.15, 0.2) is 0 Å². The summed E-state index contributed by atoms with van der Waals surface area (Å²) in [4.78, 5) is 4.10. The van der Waals surface area contributed by atoms with Gasteiger partial charge in [0.2, 0.25) is 6.71 Å². The van der Waals surface area contributed by atoms with Crippen molar-refractivity contribution < 1.29 is 13.2 Å². The van der Waals surface area contributed by atoms with E-state index in [4.69, 9.17) is 0 Å². The molecule has 0 N–H and O–H groups in total. The fraction of sp³-hybridized carbons (Fsp3) is 0.367. The van der Waals surface area contributed by atoms with Crippen LogP contribution in [0.15, 0.2) is 83.5 Å². The van der Waals surface area contributed by atoms with E-state index in [1.807, 2.05) is 24.6 Å². The number of allylic oxidation sites excluding steroid dienone is 4. The SMILES string of the molecule is CC(Br)=CCB(c1ccc(F)cc1)c1ccc(F)cc1.CCC=C(F)Cn1cncc1CCCCCC. The molecule has 198 valence electrons. The second kappa shape index (κ2) is 17.1. The lowest BCUT2D eigenvalue weighted by Gasteiger charge is -2.13. The molecule has 0 aliphatic heterocycles. The summed E-state index contributed by atoms with van der Waals surface area (Å²) in [5.74, 6) is -0.571. The number of imidazole rings is 1. The van der Waals surface area contributed by atoms with Crippen molar-refractivity contribution in [1.82, 2.24) is 9.55 Å². The number of aromatic nitrogens is 2. The molecule has 0 saturated heterocycles. The monoisotopic (exact) mass is 572 g/mol. The Hall–Kier alpha value is -2.54. The fourth-order valence-corrected chi connectivity index (χ4v) is 4.20. The van der Waals surface area contributed by atoms with Crippen LogP contribution in [0.2, 0.25) is 6.32 Å². The predicted molar refractivity (Wildman–Crippen MR) is 155 cm³/mol. The maximum Gasteiger partial charge on any atom is 0.213 e. The van der Waals surface area contributed by atoms with Crippen LogP contribution in [0, 0.1) is 11.6 Å². The molecule has 0 fully saturated rings. The molecule has 0 spiro atoms. The smallest absolute Gasteiger partial charge is 0.213 e.